The van der Waals surface area contributed by atoms with Crippen molar-refractivity contribution in [2.24, 2.45) is 12.8 Å². The van der Waals surface area contributed by atoms with Gasteiger partial charge in [-0.2, -0.15) is 0 Å². The van der Waals surface area contributed by atoms with Gasteiger partial charge in [0, 0.05) is 37.0 Å². The smallest absolute Gasteiger partial charge is 0.303 e. The Hall–Kier alpha value is -4.14. The first-order chi connectivity index (χ1) is 16.2. The Morgan fingerprint density at radius 1 is 1.12 bits per heavy atom. The van der Waals surface area contributed by atoms with E-state index in [1.54, 1.807) is 0 Å². The number of benzene rings is 2. The summed E-state index contributed by atoms with van der Waals surface area (Å²) in [5.74, 6) is 0.919. The lowest BCUT2D eigenvalue weighted by Crippen LogP contribution is -2.11. The molecule has 176 valence electrons. The van der Waals surface area contributed by atoms with Gasteiger partial charge in [0.2, 0.25) is 0 Å². The number of nitrogens with zero attached hydrogens (tertiary/aromatic N) is 4. The van der Waals surface area contributed by atoms with Crippen LogP contribution in [-0.2, 0) is 31.4 Å². The van der Waals surface area contributed by atoms with Gasteiger partial charge >= 0.3 is 5.97 Å². The van der Waals surface area contributed by atoms with Gasteiger partial charge in [-0.15, -0.1) is 0 Å². The first-order valence-corrected chi connectivity index (χ1v) is 11.1. The molecule has 4 rings (SSSR count). The van der Waals surface area contributed by atoms with Crippen LogP contribution in [0.1, 0.15) is 40.6 Å². The average molecular weight is 460 g/mol. The Bertz CT molecular complexity index is 1370. The average Bonchev–Trinajstić information content (AvgIpc) is 3.26. The standard InChI is InChI=1S/C25H29N7O2/c1-15-16(2)32(22(29-15)10-11-24(33)34)14-17-4-9-21-20(12-17)30-23(31(21)3)13-28-19-7-5-18(6-8-19)25(26)27/h4-9,12,28H,10-11,13-14H2,1-3H3,(H3,26,27)(H,33,34). The van der Waals surface area contributed by atoms with Crippen molar-refractivity contribution in [3.8, 4) is 0 Å². The number of amidine groups is 1. The van der Waals surface area contributed by atoms with Crippen molar-refractivity contribution in [1.82, 2.24) is 19.1 Å². The minimum Gasteiger partial charge on any atom is -0.481 e. The van der Waals surface area contributed by atoms with E-state index in [-0.39, 0.29) is 12.3 Å². The van der Waals surface area contributed by atoms with Crippen molar-refractivity contribution in [2.75, 3.05) is 5.32 Å². The summed E-state index contributed by atoms with van der Waals surface area (Å²) < 4.78 is 4.16. The van der Waals surface area contributed by atoms with Gasteiger partial charge in [0.1, 0.15) is 17.5 Å². The van der Waals surface area contributed by atoms with E-state index in [1.807, 2.05) is 45.2 Å². The molecule has 0 saturated heterocycles. The Morgan fingerprint density at radius 3 is 2.53 bits per heavy atom. The molecule has 2 aromatic heterocycles. The van der Waals surface area contributed by atoms with E-state index in [1.165, 1.54) is 0 Å². The monoisotopic (exact) mass is 459 g/mol. The summed E-state index contributed by atoms with van der Waals surface area (Å²) in [6.07, 6.45) is 0.460. The fraction of sp³-hybridized carbons (Fsp3) is 0.280. The maximum atomic E-state index is 11.0. The zero-order chi connectivity index (χ0) is 24.4. The zero-order valence-corrected chi connectivity index (χ0v) is 19.6. The third-order valence-corrected chi connectivity index (χ3v) is 6.12. The largest absolute Gasteiger partial charge is 0.481 e. The van der Waals surface area contributed by atoms with Crippen molar-refractivity contribution in [3.63, 3.8) is 0 Å². The number of nitrogens with one attached hydrogen (secondary N) is 2. The molecule has 0 unspecified atom stereocenters. The minimum absolute atomic E-state index is 0.0489. The number of aryl methyl sites for hydroxylation is 3. The Kier molecular flexibility index (Phi) is 6.36. The predicted octanol–water partition coefficient (Wildman–Crippen LogP) is 3.35. The highest BCUT2D eigenvalue weighted by Gasteiger charge is 2.14. The van der Waals surface area contributed by atoms with Crippen molar-refractivity contribution < 1.29 is 9.90 Å². The van der Waals surface area contributed by atoms with Crippen LogP contribution < -0.4 is 11.1 Å². The number of fused-ring (bicyclic) bond motifs is 1. The molecule has 0 saturated carbocycles. The molecule has 0 aliphatic rings. The van der Waals surface area contributed by atoms with E-state index in [2.05, 4.69) is 37.6 Å². The molecule has 2 aromatic carbocycles. The number of rotatable bonds is 9. The second-order valence-electron chi connectivity index (χ2n) is 8.43. The van der Waals surface area contributed by atoms with Crippen LogP contribution in [-0.4, -0.2) is 36.0 Å². The maximum Gasteiger partial charge on any atom is 0.303 e. The molecule has 5 N–H and O–H groups in total. The van der Waals surface area contributed by atoms with E-state index in [0.717, 1.165) is 45.3 Å². The van der Waals surface area contributed by atoms with Crippen LogP contribution in [0.3, 0.4) is 0 Å². The summed E-state index contributed by atoms with van der Waals surface area (Å²) in [6.45, 7) is 5.13. The molecule has 0 amide bonds. The number of hydrogen-bond acceptors (Lipinski definition) is 5. The molecule has 0 spiro atoms. The van der Waals surface area contributed by atoms with Crippen LogP contribution in [0.4, 0.5) is 5.69 Å². The Balaban J connectivity index is 1.53. The van der Waals surface area contributed by atoms with E-state index in [9.17, 15) is 4.79 Å². The molecule has 9 nitrogen and oxygen atoms in total. The van der Waals surface area contributed by atoms with Crippen LogP contribution >= 0.6 is 0 Å². The van der Waals surface area contributed by atoms with Gasteiger partial charge in [-0.25, -0.2) is 9.97 Å². The molecule has 0 atom stereocenters. The lowest BCUT2D eigenvalue weighted by Gasteiger charge is -2.10. The number of nitrogens with two attached hydrogens (primary N) is 1. The summed E-state index contributed by atoms with van der Waals surface area (Å²) in [6, 6.07) is 13.7. The van der Waals surface area contributed by atoms with Crippen molar-refractivity contribution in [3.05, 3.63) is 76.6 Å². The normalized spacial score (nSPS) is 11.1. The topological polar surface area (TPSA) is 135 Å². The van der Waals surface area contributed by atoms with Crippen LogP contribution in [0.5, 0.6) is 0 Å². The number of carboxylic acids is 1. The lowest BCUT2D eigenvalue weighted by atomic mass is 10.2. The zero-order valence-electron chi connectivity index (χ0n) is 19.6. The molecular weight excluding hydrogens is 430 g/mol. The second-order valence-corrected chi connectivity index (χ2v) is 8.43. The summed E-state index contributed by atoms with van der Waals surface area (Å²) in [4.78, 5) is 20.4. The van der Waals surface area contributed by atoms with Gasteiger partial charge < -0.3 is 25.3 Å². The van der Waals surface area contributed by atoms with Gasteiger partial charge in [-0.3, -0.25) is 10.2 Å². The van der Waals surface area contributed by atoms with E-state index in [0.29, 0.717) is 25.1 Å². The molecule has 4 aromatic rings. The number of anilines is 1. The molecule has 0 fully saturated rings. The Labute approximate surface area is 197 Å². The Morgan fingerprint density at radius 2 is 1.85 bits per heavy atom. The quantitative estimate of drug-likeness (QED) is 0.224. The van der Waals surface area contributed by atoms with Crippen LogP contribution in [0.2, 0.25) is 0 Å². The third-order valence-electron chi connectivity index (χ3n) is 6.12. The summed E-state index contributed by atoms with van der Waals surface area (Å²) >= 11 is 0. The second kappa shape index (κ2) is 9.38. The highest BCUT2D eigenvalue weighted by Crippen LogP contribution is 2.21. The summed E-state index contributed by atoms with van der Waals surface area (Å²) in [5, 5.41) is 19.9. The van der Waals surface area contributed by atoms with E-state index < -0.39 is 5.97 Å². The number of hydrogen-bond donors (Lipinski definition) is 4. The number of nitrogen functional groups attached to an aromatic ring is 1. The number of imidazole rings is 2. The van der Waals surface area contributed by atoms with Crippen molar-refractivity contribution >= 4 is 28.5 Å². The first kappa shape index (κ1) is 23.0. The summed E-state index contributed by atoms with van der Waals surface area (Å²) in [5.41, 5.74) is 12.1. The molecule has 2 heterocycles. The van der Waals surface area contributed by atoms with Crippen LogP contribution in [0.15, 0.2) is 42.5 Å². The fourth-order valence-electron chi connectivity index (χ4n) is 4.03. The number of carbonyl (C=O) groups is 1. The highest BCUT2D eigenvalue weighted by atomic mass is 16.4. The highest BCUT2D eigenvalue weighted by molar-refractivity contribution is 5.95. The SMILES string of the molecule is Cc1nc(CCC(=O)O)n(Cc2ccc3c(c2)nc(CNc2ccc(C(=N)N)cc2)n3C)c1C. The molecule has 0 radical (unpaired) electrons. The fourth-order valence-corrected chi connectivity index (χ4v) is 4.03. The lowest BCUT2D eigenvalue weighted by molar-refractivity contribution is -0.137. The van der Waals surface area contributed by atoms with E-state index in [4.69, 9.17) is 21.2 Å². The van der Waals surface area contributed by atoms with Gasteiger partial charge in [0.25, 0.3) is 0 Å². The first-order valence-electron chi connectivity index (χ1n) is 11.1. The van der Waals surface area contributed by atoms with Crippen LogP contribution in [0, 0.1) is 19.3 Å². The number of aliphatic carboxylic acids is 1. The minimum atomic E-state index is -0.823. The van der Waals surface area contributed by atoms with Gasteiger partial charge in [-0.05, 0) is 55.8 Å². The van der Waals surface area contributed by atoms with E-state index >= 15 is 0 Å². The van der Waals surface area contributed by atoms with Gasteiger partial charge in [0.05, 0.1) is 29.7 Å². The summed E-state index contributed by atoms with van der Waals surface area (Å²) in [7, 11) is 2.00. The number of carboxylic acid groups (broad SMARTS) is 1. The van der Waals surface area contributed by atoms with Crippen molar-refractivity contribution in [2.45, 2.75) is 39.8 Å². The maximum absolute atomic E-state index is 11.0. The molecule has 0 aliphatic carbocycles. The molecule has 0 aliphatic heterocycles. The van der Waals surface area contributed by atoms with Crippen LogP contribution in [0.25, 0.3) is 11.0 Å². The molecule has 9 heteroatoms. The third kappa shape index (κ3) is 4.78. The molecule has 34 heavy (non-hydrogen) atoms. The predicted molar refractivity (Wildman–Crippen MR) is 132 cm³/mol. The molecular formula is C25H29N7O2. The number of aromatic nitrogens is 4. The van der Waals surface area contributed by atoms with Crippen molar-refractivity contribution in [1.29, 1.82) is 5.41 Å². The molecule has 0 bridgehead atoms. The van der Waals surface area contributed by atoms with Gasteiger partial charge in [0.15, 0.2) is 0 Å². The van der Waals surface area contributed by atoms with Gasteiger partial charge in [-0.1, -0.05) is 6.07 Å².